The van der Waals surface area contributed by atoms with Crippen molar-refractivity contribution in [2.24, 2.45) is 10.9 Å². The van der Waals surface area contributed by atoms with Crippen LogP contribution in [0.25, 0.3) is 0 Å². The molecule has 1 aromatic heterocycles. The molecule has 0 bridgehead atoms. The minimum absolute atomic E-state index is 0. The van der Waals surface area contributed by atoms with E-state index in [0.29, 0.717) is 38.2 Å². The molecule has 1 fully saturated rings. The van der Waals surface area contributed by atoms with E-state index in [1.807, 2.05) is 42.5 Å². The van der Waals surface area contributed by atoms with Gasteiger partial charge in [0.1, 0.15) is 6.61 Å². The maximum Gasteiger partial charge on any atom is 0.218 e. The van der Waals surface area contributed by atoms with Crippen LogP contribution in [0.5, 0.6) is 5.88 Å². The Bertz CT molecular complexity index is 807. The van der Waals surface area contributed by atoms with E-state index in [9.17, 15) is 0 Å². The molecule has 1 aliphatic heterocycles. The summed E-state index contributed by atoms with van der Waals surface area (Å²) in [5.74, 6) is 2.08. The minimum atomic E-state index is 0. The fourth-order valence-electron chi connectivity index (χ4n) is 3.54. The van der Waals surface area contributed by atoms with Crippen molar-refractivity contribution in [3.05, 3.63) is 59.8 Å². The Labute approximate surface area is 208 Å². The van der Waals surface area contributed by atoms with Gasteiger partial charge >= 0.3 is 0 Å². The van der Waals surface area contributed by atoms with Crippen molar-refractivity contribution >= 4 is 29.9 Å². The van der Waals surface area contributed by atoms with Crippen LogP contribution < -0.4 is 10.1 Å². The number of aromatic nitrogens is 1. The summed E-state index contributed by atoms with van der Waals surface area (Å²) < 4.78 is 16.7. The zero-order valence-electron chi connectivity index (χ0n) is 19.0. The van der Waals surface area contributed by atoms with E-state index in [1.165, 1.54) is 0 Å². The van der Waals surface area contributed by atoms with Crippen LogP contribution in [-0.2, 0) is 22.6 Å². The van der Waals surface area contributed by atoms with E-state index in [0.717, 1.165) is 49.7 Å². The van der Waals surface area contributed by atoms with Crippen LogP contribution in [0, 0.1) is 5.92 Å². The number of nitrogens with one attached hydrogen (secondary N) is 1. The third-order valence-electron chi connectivity index (χ3n) is 5.17. The number of rotatable bonds is 11. The first-order chi connectivity index (χ1) is 15.3. The zero-order chi connectivity index (χ0) is 21.7. The summed E-state index contributed by atoms with van der Waals surface area (Å²) >= 11 is 0. The number of pyridine rings is 1. The van der Waals surface area contributed by atoms with Gasteiger partial charge in [-0.3, -0.25) is 0 Å². The molecule has 0 radical (unpaired) electrons. The fraction of sp³-hybridized carbons (Fsp3) is 0.500. The molecule has 2 aromatic rings. The van der Waals surface area contributed by atoms with Gasteiger partial charge in [-0.25, -0.2) is 9.98 Å². The lowest BCUT2D eigenvalue weighted by Crippen LogP contribution is -2.40. The molecule has 2 heterocycles. The molecule has 0 spiro atoms. The maximum atomic E-state index is 5.98. The Morgan fingerprint density at radius 1 is 1.19 bits per heavy atom. The summed E-state index contributed by atoms with van der Waals surface area (Å²) in [7, 11) is 1.69. The average Bonchev–Trinajstić information content (AvgIpc) is 3.28. The van der Waals surface area contributed by atoms with Crippen LogP contribution in [0.15, 0.2) is 53.7 Å². The number of benzene rings is 1. The number of hydrogen-bond acceptors (Lipinski definition) is 5. The van der Waals surface area contributed by atoms with E-state index in [1.54, 1.807) is 13.3 Å². The first kappa shape index (κ1) is 26.3. The van der Waals surface area contributed by atoms with Gasteiger partial charge in [-0.05, 0) is 25.0 Å². The highest BCUT2D eigenvalue weighted by Crippen LogP contribution is 2.19. The van der Waals surface area contributed by atoms with Crippen molar-refractivity contribution in [1.82, 2.24) is 15.2 Å². The molecule has 1 N–H and O–H groups in total. The first-order valence-electron chi connectivity index (χ1n) is 11.0. The van der Waals surface area contributed by atoms with Gasteiger partial charge in [-0.15, -0.1) is 24.0 Å². The third kappa shape index (κ3) is 8.55. The Balaban J connectivity index is 0.00000363. The third-order valence-corrected chi connectivity index (χ3v) is 5.17. The molecule has 0 aliphatic carbocycles. The van der Waals surface area contributed by atoms with Gasteiger partial charge in [0.25, 0.3) is 0 Å². The summed E-state index contributed by atoms with van der Waals surface area (Å²) in [4.78, 5) is 11.6. The summed E-state index contributed by atoms with van der Waals surface area (Å²) in [5.41, 5.74) is 2.10. The minimum Gasteiger partial charge on any atom is -0.473 e. The molecule has 7 nitrogen and oxygen atoms in total. The SMILES string of the molecule is CCNC(=NCc1cccnc1OCc1ccccc1)N1CCC(COCCOC)C1.I. The molecule has 1 aliphatic rings. The normalized spacial score (nSPS) is 16.0. The lowest BCUT2D eigenvalue weighted by molar-refractivity contribution is 0.0536. The molecule has 32 heavy (non-hydrogen) atoms. The number of ether oxygens (including phenoxy) is 3. The molecular weight excluding hydrogens is 519 g/mol. The Morgan fingerprint density at radius 3 is 2.81 bits per heavy atom. The largest absolute Gasteiger partial charge is 0.473 e. The predicted molar refractivity (Wildman–Crippen MR) is 138 cm³/mol. The van der Waals surface area contributed by atoms with Gasteiger partial charge in [0, 0.05) is 44.4 Å². The van der Waals surface area contributed by atoms with Crippen LogP contribution in [0.1, 0.15) is 24.5 Å². The molecular formula is C24H35IN4O3. The molecule has 1 unspecified atom stereocenters. The Morgan fingerprint density at radius 2 is 2.03 bits per heavy atom. The first-order valence-corrected chi connectivity index (χ1v) is 11.0. The van der Waals surface area contributed by atoms with E-state index in [4.69, 9.17) is 19.2 Å². The van der Waals surface area contributed by atoms with Crippen LogP contribution in [-0.4, -0.2) is 62.4 Å². The van der Waals surface area contributed by atoms with Crippen molar-refractivity contribution in [3.8, 4) is 5.88 Å². The van der Waals surface area contributed by atoms with E-state index in [2.05, 4.69) is 22.1 Å². The van der Waals surface area contributed by atoms with E-state index in [-0.39, 0.29) is 24.0 Å². The lowest BCUT2D eigenvalue weighted by atomic mass is 10.1. The van der Waals surface area contributed by atoms with Crippen molar-refractivity contribution in [3.63, 3.8) is 0 Å². The predicted octanol–water partition coefficient (Wildman–Crippen LogP) is 3.73. The van der Waals surface area contributed by atoms with Gasteiger partial charge in [0.2, 0.25) is 5.88 Å². The van der Waals surface area contributed by atoms with Gasteiger partial charge in [0.05, 0.1) is 26.4 Å². The summed E-state index contributed by atoms with van der Waals surface area (Å²) in [5, 5.41) is 3.42. The molecule has 1 saturated heterocycles. The van der Waals surface area contributed by atoms with Crippen LogP contribution >= 0.6 is 24.0 Å². The summed E-state index contributed by atoms with van der Waals surface area (Å²) in [6, 6.07) is 14.1. The molecule has 3 rings (SSSR count). The zero-order valence-corrected chi connectivity index (χ0v) is 21.4. The van der Waals surface area contributed by atoms with Crippen LogP contribution in [0.2, 0.25) is 0 Å². The number of guanidine groups is 1. The van der Waals surface area contributed by atoms with E-state index < -0.39 is 0 Å². The van der Waals surface area contributed by atoms with Gasteiger partial charge in [0.15, 0.2) is 5.96 Å². The standard InChI is InChI=1S/C24H34N4O3.HI/c1-3-25-24(28-13-11-21(17-28)18-30-15-14-29-2)27-16-22-10-7-12-26-23(22)31-19-20-8-5-4-6-9-20;/h4-10,12,21H,3,11,13-19H2,1-2H3,(H,25,27);1H. The number of hydrogen-bond donors (Lipinski definition) is 1. The van der Waals surface area contributed by atoms with Crippen LogP contribution in [0.4, 0.5) is 0 Å². The quantitative estimate of drug-likeness (QED) is 0.198. The van der Waals surface area contributed by atoms with Crippen molar-refractivity contribution < 1.29 is 14.2 Å². The molecule has 1 atom stereocenters. The maximum absolute atomic E-state index is 5.98. The number of aliphatic imine (C=N–C) groups is 1. The summed E-state index contributed by atoms with van der Waals surface area (Å²) in [6.07, 6.45) is 2.86. The number of methoxy groups -OCH3 is 1. The number of halogens is 1. The molecule has 176 valence electrons. The van der Waals surface area contributed by atoms with Gasteiger partial charge in [-0.1, -0.05) is 36.4 Å². The fourth-order valence-corrected chi connectivity index (χ4v) is 3.54. The number of likely N-dealkylation sites (tertiary alicyclic amines) is 1. The molecule has 0 saturated carbocycles. The van der Waals surface area contributed by atoms with E-state index >= 15 is 0 Å². The topological polar surface area (TPSA) is 68.2 Å². The highest BCUT2D eigenvalue weighted by Gasteiger charge is 2.25. The second-order valence-electron chi connectivity index (χ2n) is 7.58. The van der Waals surface area contributed by atoms with Crippen molar-refractivity contribution in [1.29, 1.82) is 0 Å². The molecule has 0 amide bonds. The molecule has 8 heteroatoms. The highest BCUT2D eigenvalue weighted by molar-refractivity contribution is 14.0. The average molecular weight is 554 g/mol. The lowest BCUT2D eigenvalue weighted by Gasteiger charge is -2.22. The second-order valence-corrected chi connectivity index (χ2v) is 7.58. The smallest absolute Gasteiger partial charge is 0.218 e. The molecule has 1 aromatic carbocycles. The highest BCUT2D eigenvalue weighted by atomic mass is 127. The Hall–Kier alpha value is -1.91. The second kappa shape index (κ2) is 15.0. The van der Waals surface area contributed by atoms with Gasteiger partial charge < -0.3 is 24.4 Å². The van der Waals surface area contributed by atoms with Crippen molar-refractivity contribution in [2.75, 3.05) is 46.6 Å². The van der Waals surface area contributed by atoms with Crippen molar-refractivity contribution in [2.45, 2.75) is 26.5 Å². The Kier molecular flexibility index (Phi) is 12.4. The monoisotopic (exact) mass is 554 g/mol. The van der Waals surface area contributed by atoms with Crippen LogP contribution in [0.3, 0.4) is 0 Å². The summed E-state index contributed by atoms with van der Waals surface area (Å²) in [6.45, 7) is 7.91. The van der Waals surface area contributed by atoms with Gasteiger partial charge in [-0.2, -0.15) is 0 Å². The number of nitrogens with zero attached hydrogens (tertiary/aromatic N) is 3.